The largest absolute Gasteiger partial charge is 0.474 e. The van der Waals surface area contributed by atoms with Crippen LogP contribution in [0.25, 0.3) is 0 Å². The smallest absolute Gasteiger partial charge is 0.279 e. The van der Waals surface area contributed by atoms with Gasteiger partial charge in [-0.15, -0.1) is 0 Å². The van der Waals surface area contributed by atoms with Gasteiger partial charge in [-0.05, 0) is 80.1 Å². The van der Waals surface area contributed by atoms with E-state index in [1.807, 2.05) is 19.9 Å². The second-order valence-electron chi connectivity index (χ2n) is 9.01. The number of fused-ring (bicyclic) bond motifs is 2. The Morgan fingerprint density at radius 2 is 1.86 bits per heavy atom. The van der Waals surface area contributed by atoms with E-state index in [4.69, 9.17) is 14.2 Å². The van der Waals surface area contributed by atoms with Crippen LogP contribution in [-0.2, 0) is 34.1 Å². The summed E-state index contributed by atoms with van der Waals surface area (Å²) in [6.45, 7) is 3.99. The number of nitrogens with one attached hydrogen (secondary N) is 1. The Morgan fingerprint density at radius 3 is 2.69 bits per heavy atom. The number of nitrogens with zero attached hydrogens (tertiary/aromatic N) is 1. The van der Waals surface area contributed by atoms with Crippen molar-refractivity contribution < 1.29 is 27.4 Å². The lowest BCUT2D eigenvalue weighted by atomic mass is 10.1. The van der Waals surface area contributed by atoms with Crippen molar-refractivity contribution in [3.8, 4) is 17.2 Å². The lowest BCUT2D eigenvalue weighted by molar-refractivity contribution is -0.126. The highest BCUT2D eigenvalue weighted by atomic mass is 32.2. The van der Waals surface area contributed by atoms with Crippen LogP contribution in [0.15, 0.2) is 53.4 Å². The van der Waals surface area contributed by atoms with E-state index in [-0.39, 0.29) is 11.7 Å². The summed E-state index contributed by atoms with van der Waals surface area (Å²) in [6.07, 6.45) is 2.99. The Morgan fingerprint density at radius 1 is 1.06 bits per heavy atom. The number of ether oxygens (including phenoxy) is 3. The SMILES string of the molecule is CCCc1nc(C)ccc1OC(C(=O)NS(=O)(=O)c1ccc2c(c1)CCC2)c1ccc2c(c1)OCO2. The van der Waals surface area contributed by atoms with Gasteiger partial charge in [0.2, 0.25) is 12.9 Å². The maximum absolute atomic E-state index is 13.5. The normalized spacial score (nSPS) is 14.8. The third kappa shape index (κ3) is 4.88. The first-order chi connectivity index (χ1) is 17.3. The van der Waals surface area contributed by atoms with Crippen molar-refractivity contribution in [1.82, 2.24) is 9.71 Å². The van der Waals surface area contributed by atoms with Crippen molar-refractivity contribution in [2.75, 3.05) is 6.79 Å². The molecule has 3 aromatic rings. The zero-order chi connectivity index (χ0) is 25.3. The van der Waals surface area contributed by atoms with Crippen molar-refractivity contribution in [2.45, 2.75) is 57.0 Å². The first-order valence-corrected chi connectivity index (χ1v) is 13.5. The monoisotopic (exact) mass is 508 g/mol. The van der Waals surface area contributed by atoms with Gasteiger partial charge >= 0.3 is 0 Å². The highest BCUT2D eigenvalue weighted by molar-refractivity contribution is 7.90. The Kier molecular flexibility index (Phi) is 6.57. The number of benzene rings is 2. The molecule has 1 aliphatic carbocycles. The molecule has 0 saturated carbocycles. The second kappa shape index (κ2) is 9.81. The molecule has 2 heterocycles. The zero-order valence-electron chi connectivity index (χ0n) is 20.2. The fourth-order valence-corrected chi connectivity index (χ4v) is 5.59. The van der Waals surface area contributed by atoms with Crippen molar-refractivity contribution in [3.63, 3.8) is 0 Å². The first-order valence-electron chi connectivity index (χ1n) is 12.1. The second-order valence-corrected chi connectivity index (χ2v) is 10.7. The summed E-state index contributed by atoms with van der Waals surface area (Å²) < 4.78 is 45.6. The summed E-state index contributed by atoms with van der Waals surface area (Å²) in [5.41, 5.74) is 4.12. The third-order valence-electron chi connectivity index (χ3n) is 6.36. The highest BCUT2D eigenvalue weighted by Gasteiger charge is 2.31. The minimum absolute atomic E-state index is 0.0598. The molecule has 2 aromatic carbocycles. The number of hydrogen-bond acceptors (Lipinski definition) is 7. The molecule has 188 valence electrons. The van der Waals surface area contributed by atoms with Gasteiger partial charge in [-0.1, -0.05) is 25.5 Å². The summed E-state index contributed by atoms with van der Waals surface area (Å²) in [5.74, 6) is 0.631. The average molecular weight is 509 g/mol. The first kappa shape index (κ1) is 24.1. The molecule has 1 unspecified atom stereocenters. The van der Waals surface area contributed by atoms with Gasteiger partial charge in [-0.2, -0.15) is 0 Å². The molecule has 5 rings (SSSR count). The van der Waals surface area contributed by atoms with E-state index < -0.39 is 22.0 Å². The van der Waals surface area contributed by atoms with Crippen LogP contribution in [0.5, 0.6) is 17.2 Å². The summed E-state index contributed by atoms with van der Waals surface area (Å²) >= 11 is 0. The minimum Gasteiger partial charge on any atom is -0.474 e. The molecular formula is C27H28N2O6S. The molecule has 0 fully saturated rings. The number of hydrogen-bond donors (Lipinski definition) is 1. The third-order valence-corrected chi connectivity index (χ3v) is 7.70. The van der Waals surface area contributed by atoms with Gasteiger partial charge < -0.3 is 14.2 Å². The average Bonchev–Trinajstić information content (AvgIpc) is 3.52. The Bertz CT molecular complexity index is 1420. The number of carbonyl (C=O) groups excluding carboxylic acids is 1. The molecule has 1 atom stereocenters. The number of aromatic nitrogens is 1. The lowest BCUT2D eigenvalue weighted by Gasteiger charge is -2.21. The molecule has 0 spiro atoms. The standard InChI is InChI=1S/C27H28N2O6S/c1-3-5-22-23(12-8-17(2)28-22)35-26(20-10-13-24-25(15-20)34-16-33-24)27(30)29-36(31,32)21-11-9-18-6-4-7-19(18)14-21/h8-15,26H,3-7,16H2,1-2H3,(H,29,30). The molecule has 36 heavy (non-hydrogen) atoms. The molecule has 1 aliphatic heterocycles. The van der Waals surface area contributed by atoms with E-state index in [0.29, 0.717) is 34.9 Å². The predicted octanol–water partition coefficient (Wildman–Crippen LogP) is 4.19. The van der Waals surface area contributed by atoms with Gasteiger partial charge in [0.25, 0.3) is 15.9 Å². The van der Waals surface area contributed by atoms with E-state index in [9.17, 15) is 13.2 Å². The Balaban J connectivity index is 1.48. The molecule has 1 N–H and O–H groups in total. The zero-order valence-corrected chi connectivity index (χ0v) is 21.1. The Hall–Kier alpha value is -3.59. The summed E-state index contributed by atoms with van der Waals surface area (Å²) in [7, 11) is -4.12. The molecule has 2 aliphatic rings. The lowest BCUT2D eigenvalue weighted by Crippen LogP contribution is -2.37. The number of amides is 1. The van der Waals surface area contributed by atoms with Crippen LogP contribution in [-0.4, -0.2) is 26.1 Å². The molecule has 1 amide bonds. The van der Waals surface area contributed by atoms with Crippen molar-refractivity contribution in [2.24, 2.45) is 0 Å². The summed E-state index contributed by atoms with van der Waals surface area (Å²) in [4.78, 5) is 18.1. The van der Waals surface area contributed by atoms with Gasteiger partial charge in [0.1, 0.15) is 5.75 Å². The molecule has 0 saturated heterocycles. The van der Waals surface area contributed by atoms with Crippen LogP contribution in [0.2, 0.25) is 0 Å². The highest BCUT2D eigenvalue weighted by Crippen LogP contribution is 2.36. The maximum atomic E-state index is 13.5. The van der Waals surface area contributed by atoms with Gasteiger partial charge in [0.15, 0.2) is 11.5 Å². The van der Waals surface area contributed by atoms with Gasteiger partial charge in [-0.25, -0.2) is 13.1 Å². The van der Waals surface area contributed by atoms with Crippen LogP contribution in [0, 0.1) is 6.92 Å². The fraction of sp³-hybridized carbons (Fsp3) is 0.333. The van der Waals surface area contributed by atoms with E-state index in [1.54, 1.807) is 42.5 Å². The van der Waals surface area contributed by atoms with Gasteiger partial charge in [-0.3, -0.25) is 9.78 Å². The van der Waals surface area contributed by atoms with Crippen LogP contribution < -0.4 is 18.9 Å². The molecule has 0 bridgehead atoms. The van der Waals surface area contributed by atoms with E-state index in [0.717, 1.165) is 42.5 Å². The summed E-state index contributed by atoms with van der Waals surface area (Å²) in [5, 5.41) is 0. The number of aryl methyl sites for hydroxylation is 4. The van der Waals surface area contributed by atoms with Crippen molar-refractivity contribution in [3.05, 3.63) is 76.6 Å². The molecule has 0 radical (unpaired) electrons. The number of carbonyl (C=O) groups is 1. The quantitative estimate of drug-likeness (QED) is 0.487. The van der Waals surface area contributed by atoms with Gasteiger partial charge in [0, 0.05) is 11.3 Å². The van der Waals surface area contributed by atoms with E-state index in [2.05, 4.69) is 9.71 Å². The summed E-state index contributed by atoms with van der Waals surface area (Å²) in [6, 6.07) is 13.5. The maximum Gasteiger partial charge on any atom is 0.279 e. The fourth-order valence-electron chi connectivity index (χ4n) is 4.56. The molecule has 1 aromatic heterocycles. The van der Waals surface area contributed by atoms with Crippen LogP contribution >= 0.6 is 0 Å². The van der Waals surface area contributed by atoms with E-state index in [1.165, 1.54) is 0 Å². The van der Waals surface area contributed by atoms with Crippen molar-refractivity contribution >= 4 is 15.9 Å². The van der Waals surface area contributed by atoms with E-state index >= 15 is 0 Å². The Labute approximate surface area is 210 Å². The molecule has 9 heteroatoms. The topological polar surface area (TPSA) is 104 Å². The predicted molar refractivity (Wildman–Crippen MR) is 133 cm³/mol. The van der Waals surface area contributed by atoms with Crippen LogP contribution in [0.3, 0.4) is 0 Å². The molecule has 8 nitrogen and oxygen atoms in total. The number of pyridine rings is 1. The number of sulfonamides is 1. The van der Waals surface area contributed by atoms with Crippen LogP contribution in [0.4, 0.5) is 0 Å². The molecular weight excluding hydrogens is 480 g/mol. The van der Waals surface area contributed by atoms with Crippen LogP contribution in [0.1, 0.15) is 53.9 Å². The van der Waals surface area contributed by atoms with Crippen molar-refractivity contribution in [1.29, 1.82) is 0 Å². The van der Waals surface area contributed by atoms with Gasteiger partial charge in [0.05, 0.1) is 10.6 Å². The number of rotatable bonds is 8. The minimum atomic E-state index is -4.12.